The van der Waals surface area contributed by atoms with Crippen LogP contribution in [0.3, 0.4) is 0 Å². The van der Waals surface area contributed by atoms with Crippen molar-refractivity contribution in [3.63, 3.8) is 0 Å². The molecule has 0 radical (unpaired) electrons. The van der Waals surface area contributed by atoms with E-state index in [-0.39, 0.29) is 23.1 Å². The van der Waals surface area contributed by atoms with E-state index in [1.807, 2.05) is 0 Å². The van der Waals surface area contributed by atoms with E-state index in [1.54, 1.807) is 25.1 Å². The van der Waals surface area contributed by atoms with Crippen LogP contribution in [-0.4, -0.2) is 30.4 Å². The lowest BCUT2D eigenvalue weighted by Gasteiger charge is -2.28. The number of amides is 2. The molecule has 2 amide bonds. The standard InChI is InChI=1S/C17H20N2O4/c1-10(16(21)18-2)8-12-6-7-13(11-4-3-5-11)14(17(22)23)15(12)19-9-20/h6-9,11H,3-5H2,1-2H3,(H,18,21)(H,19,20)(H,22,23)/b10-8+. The van der Waals surface area contributed by atoms with Gasteiger partial charge in [-0.05, 0) is 42.9 Å². The maximum atomic E-state index is 11.7. The fraction of sp³-hybridized carbons (Fsp3) is 0.353. The molecule has 0 aromatic heterocycles. The first-order chi connectivity index (χ1) is 11.0. The van der Waals surface area contributed by atoms with E-state index in [0.29, 0.717) is 17.5 Å². The van der Waals surface area contributed by atoms with Crippen molar-refractivity contribution in [3.05, 3.63) is 34.4 Å². The van der Waals surface area contributed by atoms with Crippen LogP contribution in [0, 0.1) is 0 Å². The summed E-state index contributed by atoms with van der Waals surface area (Å²) in [5, 5.41) is 14.6. The van der Waals surface area contributed by atoms with Crippen LogP contribution in [0.15, 0.2) is 17.7 Å². The number of anilines is 1. The molecular formula is C17H20N2O4. The van der Waals surface area contributed by atoms with Crippen molar-refractivity contribution in [2.75, 3.05) is 12.4 Å². The van der Waals surface area contributed by atoms with Gasteiger partial charge in [-0.3, -0.25) is 9.59 Å². The Morgan fingerprint density at radius 2 is 2.00 bits per heavy atom. The zero-order valence-corrected chi connectivity index (χ0v) is 13.2. The fourth-order valence-electron chi connectivity index (χ4n) is 2.76. The zero-order valence-electron chi connectivity index (χ0n) is 13.2. The Balaban J connectivity index is 2.59. The van der Waals surface area contributed by atoms with Gasteiger partial charge in [-0.1, -0.05) is 18.6 Å². The van der Waals surface area contributed by atoms with Gasteiger partial charge in [-0.25, -0.2) is 4.79 Å². The summed E-state index contributed by atoms with van der Waals surface area (Å²) in [7, 11) is 1.52. The van der Waals surface area contributed by atoms with Gasteiger partial charge in [-0.2, -0.15) is 0 Å². The molecule has 1 aliphatic rings. The van der Waals surface area contributed by atoms with Gasteiger partial charge in [0.25, 0.3) is 0 Å². The molecule has 1 fully saturated rings. The van der Waals surface area contributed by atoms with Crippen LogP contribution < -0.4 is 10.6 Å². The molecule has 6 nitrogen and oxygen atoms in total. The molecule has 0 aliphatic heterocycles. The summed E-state index contributed by atoms with van der Waals surface area (Å²) in [5.41, 5.74) is 2.01. The van der Waals surface area contributed by atoms with Crippen molar-refractivity contribution in [1.29, 1.82) is 0 Å². The van der Waals surface area contributed by atoms with Crippen molar-refractivity contribution in [2.24, 2.45) is 0 Å². The van der Waals surface area contributed by atoms with Crippen LogP contribution in [0.5, 0.6) is 0 Å². The van der Waals surface area contributed by atoms with Crippen LogP contribution in [0.1, 0.15) is 53.6 Å². The number of nitrogens with one attached hydrogen (secondary N) is 2. The van der Waals surface area contributed by atoms with Gasteiger partial charge < -0.3 is 15.7 Å². The molecule has 1 saturated carbocycles. The van der Waals surface area contributed by atoms with Crippen molar-refractivity contribution in [1.82, 2.24) is 5.32 Å². The molecule has 1 aliphatic carbocycles. The highest BCUT2D eigenvalue weighted by Crippen LogP contribution is 2.41. The molecule has 0 atom stereocenters. The number of carbonyl (C=O) groups excluding carboxylic acids is 2. The van der Waals surface area contributed by atoms with Gasteiger partial charge in [0.1, 0.15) is 0 Å². The highest BCUT2D eigenvalue weighted by molar-refractivity contribution is 6.03. The van der Waals surface area contributed by atoms with E-state index in [1.165, 1.54) is 7.05 Å². The molecule has 1 aromatic rings. The van der Waals surface area contributed by atoms with Crippen LogP contribution in [0.25, 0.3) is 6.08 Å². The average molecular weight is 316 g/mol. The maximum Gasteiger partial charge on any atom is 0.338 e. The number of carboxylic acids is 1. The largest absolute Gasteiger partial charge is 0.478 e. The minimum absolute atomic E-state index is 0.111. The predicted molar refractivity (Wildman–Crippen MR) is 87.4 cm³/mol. The lowest BCUT2D eigenvalue weighted by atomic mass is 9.77. The van der Waals surface area contributed by atoms with E-state index >= 15 is 0 Å². The molecule has 0 saturated heterocycles. The van der Waals surface area contributed by atoms with Crippen molar-refractivity contribution in [2.45, 2.75) is 32.1 Å². The van der Waals surface area contributed by atoms with Gasteiger partial charge in [-0.15, -0.1) is 0 Å². The highest BCUT2D eigenvalue weighted by atomic mass is 16.4. The lowest BCUT2D eigenvalue weighted by molar-refractivity contribution is -0.116. The molecule has 0 unspecified atom stereocenters. The fourth-order valence-corrected chi connectivity index (χ4v) is 2.76. The van der Waals surface area contributed by atoms with Crippen molar-refractivity contribution < 1.29 is 19.5 Å². The normalized spacial score (nSPS) is 14.8. The second kappa shape index (κ2) is 7.09. The number of likely N-dealkylation sites (N-methyl/N-ethyl adjacent to an activating group) is 1. The molecule has 0 heterocycles. The first kappa shape index (κ1) is 16.7. The Morgan fingerprint density at radius 3 is 2.48 bits per heavy atom. The first-order valence-corrected chi connectivity index (χ1v) is 7.50. The van der Waals surface area contributed by atoms with Crippen molar-refractivity contribution >= 4 is 30.0 Å². The van der Waals surface area contributed by atoms with Crippen LogP contribution in [-0.2, 0) is 9.59 Å². The van der Waals surface area contributed by atoms with Gasteiger partial charge >= 0.3 is 5.97 Å². The van der Waals surface area contributed by atoms with Gasteiger partial charge in [0, 0.05) is 12.6 Å². The summed E-state index contributed by atoms with van der Waals surface area (Å²) in [6.45, 7) is 1.63. The molecule has 6 heteroatoms. The molecule has 122 valence electrons. The Labute approximate surface area is 134 Å². The summed E-state index contributed by atoms with van der Waals surface area (Å²) in [6, 6.07) is 3.53. The van der Waals surface area contributed by atoms with E-state index in [9.17, 15) is 19.5 Å². The number of rotatable bonds is 6. The molecular weight excluding hydrogens is 296 g/mol. The molecule has 0 bridgehead atoms. The van der Waals surface area contributed by atoms with E-state index in [2.05, 4.69) is 10.6 Å². The van der Waals surface area contributed by atoms with Gasteiger partial charge in [0.05, 0.1) is 11.3 Å². The molecule has 3 N–H and O–H groups in total. The Hall–Kier alpha value is -2.63. The number of benzene rings is 1. The summed E-state index contributed by atoms with van der Waals surface area (Å²) in [5.74, 6) is -1.13. The zero-order chi connectivity index (χ0) is 17.0. The monoisotopic (exact) mass is 316 g/mol. The molecule has 0 spiro atoms. The smallest absolute Gasteiger partial charge is 0.338 e. The minimum atomic E-state index is -1.08. The van der Waals surface area contributed by atoms with Crippen LogP contribution in [0.4, 0.5) is 5.69 Å². The summed E-state index contributed by atoms with van der Waals surface area (Å²) >= 11 is 0. The molecule has 2 rings (SSSR count). The topological polar surface area (TPSA) is 95.5 Å². The third kappa shape index (κ3) is 3.41. The second-order valence-corrected chi connectivity index (χ2v) is 5.60. The van der Waals surface area contributed by atoms with Gasteiger partial charge in [0.2, 0.25) is 12.3 Å². The summed E-state index contributed by atoms with van der Waals surface area (Å²) in [4.78, 5) is 34.3. The third-order valence-corrected chi connectivity index (χ3v) is 4.19. The number of carboxylic acid groups (broad SMARTS) is 1. The Kier molecular flexibility index (Phi) is 5.16. The van der Waals surface area contributed by atoms with E-state index in [4.69, 9.17) is 0 Å². The number of carbonyl (C=O) groups is 3. The predicted octanol–water partition coefficient (Wildman–Crippen LogP) is 2.37. The first-order valence-electron chi connectivity index (χ1n) is 7.50. The molecule has 1 aromatic carbocycles. The number of hydrogen-bond donors (Lipinski definition) is 3. The Bertz CT molecular complexity index is 675. The third-order valence-electron chi connectivity index (χ3n) is 4.19. The second-order valence-electron chi connectivity index (χ2n) is 5.60. The number of hydrogen-bond acceptors (Lipinski definition) is 3. The average Bonchev–Trinajstić information content (AvgIpc) is 2.46. The summed E-state index contributed by atoms with van der Waals surface area (Å²) in [6.07, 6.45) is 5.01. The quantitative estimate of drug-likeness (QED) is 0.554. The Morgan fingerprint density at radius 1 is 1.30 bits per heavy atom. The van der Waals surface area contributed by atoms with Crippen LogP contribution in [0.2, 0.25) is 0 Å². The van der Waals surface area contributed by atoms with Crippen molar-refractivity contribution in [3.8, 4) is 0 Å². The summed E-state index contributed by atoms with van der Waals surface area (Å²) < 4.78 is 0. The van der Waals surface area contributed by atoms with Gasteiger partial charge in [0.15, 0.2) is 0 Å². The maximum absolute atomic E-state index is 11.7. The number of aromatic carboxylic acids is 1. The molecule has 23 heavy (non-hydrogen) atoms. The van der Waals surface area contributed by atoms with E-state index < -0.39 is 5.97 Å². The minimum Gasteiger partial charge on any atom is -0.478 e. The lowest BCUT2D eigenvalue weighted by Crippen LogP contribution is -2.19. The SMILES string of the molecule is CNC(=O)/C(C)=C/c1ccc(C2CCC2)c(C(=O)O)c1NC=O. The van der Waals surface area contributed by atoms with Crippen LogP contribution >= 0.6 is 0 Å². The highest BCUT2D eigenvalue weighted by Gasteiger charge is 2.27. The van der Waals surface area contributed by atoms with E-state index in [0.717, 1.165) is 24.8 Å².